The first kappa shape index (κ1) is 16.3. The predicted molar refractivity (Wildman–Crippen MR) is 68.8 cm³/mol. The molecule has 0 saturated carbocycles. The van der Waals surface area contributed by atoms with Gasteiger partial charge in [0.25, 0.3) is 0 Å². The Balaban J connectivity index is 2.92. The van der Waals surface area contributed by atoms with Crippen molar-refractivity contribution in [2.24, 2.45) is 0 Å². The Hall–Kier alpha value is -0.730. The molecule has 0 spiro atoms. The molecule has 0 aromatic rings. The summed E-state index contributed by atoms with van der Waals surface area (Å²) in [6, 6.07) is -0.328. The molecule has 1 rings (SSSR count). The molecule has 1 amide bonds. The SMILES string of the molecule is CN[C@@H]1O[C@H](COC)[C@@H](OC)[C@H](OC)[C@H]1NC(C)=O. The molecule has 0 aliphatic carbocycles. The first-order valence-corrected chi connectivity index (χ1v) is 6.23. The van der Waals surface area contributed by atoms with Crippen LogP contribution in [0.4, 0.5) is 0 Å². The van der Waals surface area contributed by atoms with Gasteiger partial charge in [0.1, 0.15) is 24.5 Å². The summed E-state index contributed by atoms with van der Waals surface area (Å²) in [5, 5.41) is 5.87. The Morgan fingerprint density at radius 3 is 2.26 bits per heavy atom. The van der Waals surface area contributed by atoms with E-state index in [9.17, 15) is 4.79 Å². The van der Waals surface area contributed by atoms with Crippen LogP contribution in [0.1, 0.15) is 6.92 Å². The van der Waals surface area contributed by atoms with Crippen LogP contribution in [-0.4, -0.2) is 71.5 Å². The van der Waals surface area contributed by atoms with Gasteiger partial charge >= 0.3 is 0 Å². The molecule has 5 atom stereocenters. The van der Waals surface area contributed by atoms with Gasteiger partial charge in [-0.15, -0.1) is 0 Å². The number of amides is 1. The van der Waals surface area contributed by atoms with Crippen molar-refractivity contribution in [2.75, 3.05) is 35.0 Å². The van der Waals surface area contributed by atoms with Gasteiger partial charge in [-0.3, -0.25) is 10.1 Å². The summed E-state index contributed by atoms with van der Waals surface area (Å²) in [6.45, 7) is 1.85. The third-order valence-electron chi connectivity index (χ3n) is 3.22. The van der Waals surface area contributed by atoms with Gasteiger partial charge in [0, 0.05) is 28.3 Å². The lowest BCUT2D eigenvalue weighted by molar-refractivity contribution is -0.217. The van der Waals surface area contributed by atoms with E-state index in [0.717, 1.165) is 0 Å². The zero-order valence-corrected chi connectivity index (χ0v) is 12.1. The quantitative estimate of drug-likeness (QED) is 0.655. The minimum atomic E-state index is -0.361. The minimum Gasteiger partial charge on any atom is -0.382 e. The molecule has 1 aliphatic rings. The Morgan fingerprint density at radius 2 is 1.84 bits per heavy atom. The van der Waals surface area contributed by atoms with Crippen molar-refractivity contribution in [3.63, 3.8) is 0 Å². The van der Waals surface area contributed by atoms with E-state index in [1.165, 1.54) is 6.92 Å². The van der Waals surface area contributed by atoms with Crippen LogP contribution in [0.25, 0.3) is 0 Å². The number of carbonyl (C=O) groups is 1. The molecule has 7 heteroatoms. The maximum absolute atomic E-state index is 11.3. The summed E-state index contributed by atoms with van der Waals surface area (Å²) in [5.74, 6) is -0.143. The fourth-order valence-electron chi connectivity index (χ4n) is 2.44. The first-order valence-electron chi connectivity index (χ1n) is 6.23. The van der Waals surface area contributed by atoms with Crippen molar-refractivity contribution in [1.29, 1.82) is 0 Å². The van der Waals surface area contributed by atoms with Crippen molar-refractivity contribution in [3.05, 3.63) is 0 Å². The molecule has 1 saturated heterocycles. The molecule has 0 aromatic carbocycles. The van der Waals surface area contributed by atoms with Crippen molar-refractivity contribution < 1.29 is 23.7 Å². The van der Waals surface area contributed by atoms with E-state index >= 15 is 0 Å². The highest BCUT2D eigenvalue weighted by Crippen LogP contribution is 2.24. The maximum Gasteiger partial charge on any atom is 0.217 e. The number of carbonyl (C=O) groups excluding carboxylic acids is 1. The van der Waals surface area contributed by atoms with Gasteiger partial charge in [0.15, 0.2) is 0 Å². The highest BCUT2D eigenvalue weighted by Gasteiger charge is 2.46. The van der Waals surface area contributed by atoms with Crippen LogP contribution >= 0.6 is 0 Å². The second-order valence-corrected chi connectivity index (χ2v) is 4.47. The normalized spacial score (nSPS) is 35.1. The average molecular weight is 276 g/mol. The van der Waals surface area contributed by atoms with Crippen LogP contribution < -0.4 is 10.6 Å². The lowest BCUT2D eigenvalue weighted by Crippen LogP contribution is -2.67. The topological polar surface area (TPSA) is 78.1 Å². The summed E-state index contributed by atoms with van der Waals surface area (Å²) in [5.41, 5.74) is 0. The number of ether oxygens (including phenoxy) is 4. The van der Waals surface area contributed by atoms with E-state index in [1.54, 1.807) is 28.4 Å². The molecule has 0 radical (unpaired) electrons. The molecular weight excluding hydrogens is 252 g/mol. The Bertz CT molecular complexity index is 289. The van der Waals surface area contributed by atoms with Crippen LogP contribution in [0.5, 0.6) is 0 Å². The van der Waals surface area contributed by atoms with Crippen molar-refractivity contribution >= 4 is 5.91 Å². The van der Waals surface area contributed by atoms with Gasteiger partial charge in [0.05, 0.1) is 12.6 Å². The van der Waals surface area contributed by atoms with Gasteiger partial charge in [0.2, 0.25) is 5.91 Å². The molecule has 7 nitrogen and oxygen atoms in total. The molecule has 112 valence electrons. The van der Waals surface area contributed by atoms with E-state index < -0.39 is 0 Å². The zero-order valence-electron chi connectivity index (χ0n) is 12.1. The monoisotopic (exact) mass is 276 g/mol. The fourth-order valence-corrected chi connectivity index (χ4v) is 2.44. The van der Waals surface area contributed by atoms with Gasteiger partial charge in [-0.25, -0.2) is 0 Å². The minimum absolute atomic E-state index is 0.143. The Labute approximate surface area is 113 Å². The highest BCUT2D eigenvalue weighted by molar-refractivity contribution is 5.73. The number of hydrogen-bond donors (Lipinski definition) is 2. The second kappa shape index (κ2) is 7.76. The molecular formula is C12H24N2O5. The highest BCUT2D eigenvalue weighted by atomic mass is 16.6. The van der Waals surface area contributed by atoms with Crippen LogP contribution in [0, 0.1) is 0 Å². The van der Waals surface area contributed by atoms with Gasteiger partial charge in [-0.2, -0.15) is 0 Å². The summed E-state index contributed by atoms with van der Waals surface area (Å²) in [4.78, 5) is 11.3. The van der Waals surface area contributed by atoms with Crippen LogP contribution in [0.3, 0.4) is 0 Å². The lowest BCUT2D eigenvalue weighted by Gasteiger charge is -2.45. The largest absolute Gasteiger partial charge is 0.382 e. The maximum atomic E-state index is 11.3. The van der Waals surface area contributed by atoms with E-state index in [4.69, 9.17) is 18.9 Å². The lowest BCUT2D eigenvalue weighted by atomic mass is 9.95. The summed E-state index contributed by atoms with van der Waals surface area (Å²) in [6.07, 6.45) is -1.26. The Kier molecular flexibility index (Phi) is 6.67. The molecule has 0 aromatic heterocycles. The van der Waals surface area contributed by atoms with Crippen molar-refractivity contribution in [3.8, 4) is 0 Å². The fraction of sp³-hybridized carbons (Fsp3) is 0.917. The van der Waals surface area contributed by atoms with Gasteiger partial charge in [-0.05, 0) is 7.05 Å². The van der Waals surface area contributed by atoms with Gasteiger partial charge < -0.3 is 24.3 Å². The van der Waals surface area contributed by atoms with Crippen LogP contribution in [-0.2, 0) is 23.7 Å². The molecule has 0 bridgehead atoms. The molecule has 1 aliphatic heterocycles. The number of hydrogen-bond acceptors (Lipinski definition) is 6. The third-order valence-corrected chi connectivity index (χ3v) is 3.22. The molecule has 19 heavy (non-hydrogen) atoms. The molecule has 1 fully saturated rings. The summed E-state index contributed by atoms with van der Waals surface area (Å²) >= 11 is 0. The standard InChI is InChI=1S/C12H24N2O5/c1-7(15)14-9-11(18-5)10(17-4)8(6-16-3)19-12(9)13-2/h8-13H,6H2,1-5H3,(H,14,15)/t8-,9-,10-,11-,12-/m1/s1. The average Bonchev–Trinajstić information content (AvgIpc) is 2.38. The van der Waals surface area contributed by atoms with Crippen LogP contribution in [0.15, 0.2) is 0 Å². The molecule has 2 N–H and O–H groups in total. The molecule has 0 unspecified atom stereocenters. The smallest absolute Gasteiger partial charge is 0.217 e. The van der Waals surface area contributed by atoms with E-state index in [1.807, 2.05) is 0 Å². The summed E-state index contributed by atoms with van der Waals surface area (Å²) in [7, 11) is 6.55. The van der Waals surface area contributed by atoms with Gasteiger partial charge in [-0.1, -0.05) is 0 Å². The summed E-state index contributed by atoms with van der Waals surface area (Å²) < 4.78 is 22.0. The number of nitrogens with one attached hydrogen (secondary N) is 2. The number of rotatable bonds is 6. The van der Waals surface area contributed by atoms with Crippen LogP contribution in [0.2, 0.25) is 0 Å². The van der Waals surface area contributed by atoms with E-state index in [0.29, 0.717) is 6.61 Å². The zero-order chi connectivity index (χ0) is 14.4. The van der Waals surface area contributed by atoms with E-state index in [-0.39, 0.29) is 36.5 Å². The molecule has 1 heterocycles. The van der Waals surface area contributed by atoms with E-state index in [2.05, 4.69) is 10.6 Å². The Morgan fingerprint density at radius 1 is 1.21 bits per heavy atom. The number of likely N-dealkylation sites (N-methyl/N-ethyl adjacent to an activating group) is 1. The van der Waals surface area contributed by atoms with Crippen molar-refractivity contribution in [1.82, 2.24) is 10.6 Å². The predicted octanol–water partition coefficient (Wildman–Crippen LogP) is -0.888. The number of methoxy groups -OCH3 is 3. The second-order valence-electron chi connectivity index (χ2n) is 4.47. The third kappa shape index (κ3) is 3.87. The van der Waals surface area contributed by atoms with Crippen molar-refractivity contribution in [2.45, 2.75) is 37.5 Å². The first-order chi connectivity index (χ1) is 9.08.